The van der Waals surface area contributed by atoms with Gasteiger partial charge < -0.3 is 14.6 Å². The van der Waals surface area contributed by atoms with E-state index in [4.69, 9.17) is 9.47 Å². The molecule has 1 heterocycles. The molecule has 186 valence electrons. The van der Waals surface area contributed by atoms with Crippen molar-refractivity contribution in [2.45, 2.75) is 32.2 Å². The van der Waals surface area contributed by atoms with Gasteiger partial charge in [-0.05, 0) is 47.4 Å². The number of amides is 1. The molecule has 0 bridgehead atoms. The third kappa shape index (κ3) is 4.33. The lowest BCUT2D eigenvalue weighted by Gasteiger charge is -2.27. The minimum atomic E-state index is -1.02. The highest BCUT2D eigenvalue weighted by molar-refractivity contribution is 6.51. The van der Waals surface area contributed by atoms with Crippen molar-refractivity contribution in [2.24, 2.45) is 0 Å². The number of hydrogen-bond acceptors (Lipinski definition) is 5. The molecular formula is C29H28FNO5. The molecule has 36 heavy (non-hydrogen) atoms. The molecule has 0 aromatic heterocycles. The van der Waals surface area contributed by atoms with Gasteiger partial charge in [-0.2, -0.15) is 0 Å². The highest BCUT2D eigenvalue weighted by Gasteiger charge is 2.48. The summed E-state index contributed by atoms with van der Waals surface area (Å²) in [6.45, 7) is 6.24. The van der Waals surface area contributed by atoms with E-state index in [2.05, 4.69) is 20.8 Å². The van der Waals surface area contributed by atoms with Gasteiger partial charge in [0.25, 0.3) is 11.7 Å². The molecule has 0 saturated carbocycles. The number of nitrogens with zero attached hydrogens (tertiary/aromatic N) is 1. The second-order valence-corrected chi connectivity index (χ2v) is 9.55. The van der Waals surface area contributed by atoms with Gasteiger partial charge >= 0.3 is 0 Å². The molecule has 3 aromatic carbocycles. The third-order valence-corrected chi connectivity index (χ3v) is 6.31. The Balaban J connectivity index is 1.98. The van der Waals surface area contributed by atoms with Crippen LogP contribution < -0.4 is 14.4 Å². The first-order valence-corrected chi connectivity index (χ1v) is 11.5. The molecule has 0 spiro atoms. The first-order valence-electron chi connectivity index (χ1n) is 11.5. The molecule has 1 saturated heterocycles. The van der Waals surface area contributed by atoms with Crippen molar-refractivity contribution in [2.75, 3.05) is 19.1 Å². The molecule has 4 rings (SSSR count). The van der Waals surface area contributed by atoms with Crippen molar-refractivity contribution in [3.8, 4) is 11.5 Å². The number of hydrogen-bond donors (Lipinski definition) is 1. The molecule has 0 aliphatic carbocycles. The van der Waals surface area contributed by atoms with Gasteiger partial charge in [0.15, 0.2) is 0 Å². The van der Waals surface area contributed by atoms with E-state index in [1.165, 1.54) is 31.3 Å². The van der Waals surface area contributed by atoms with Gasteiger partial charge in [-0.1, -0.05) is 51.1 Å². The molecule has 1 unspecified atom stereocenters. The lowest BCUT2D eigenvalue weighted by Crippen LogP contribution is -2.29. The fourth-order valence-electron chi connectivity index (χ4n) is 4.42. The molecule has 1 atom stereocenters. The number of ketones is 1. The smallest absolute Gasteiger partial charge is 0.300 e. The zero-order valence-corrected chi connectivity index (χ0v) is 20.8. The normalized spacial score (nSPS) is 17.4. The van der Waals surface area contributed by atoms with Crippen LogP contribution in [0.15, 0.2) is 72.3 Å². The van der Waals surface area contributed by atoms with Crippen molar-refractivity contribution in [1.82, 2.24) is 0 Å². The Labute approximate surface area is 209 Å². The predicted molar refractivity (Wildman–Crippen MR) is 136 cm³/mol. The Morgan fingerprint density at radius 1 is 0.917 bits per heavy atom. The van der Waals surface area contributed by atoms with E-state index < -0.39 is 29.3 Å². The van der Waals surface area contributed by atoms with Crippen LogP contribution in [0.4, 0.5) is 10.1 Å². The van der Waals surface area contributed by atoms with Crippen molar-refractivity contribution in [3.05, 3.63) is 94.8 Å². The minimum absolute atomic E-state index is 0.0292. The van der Waals surface area contributed by atoms with Gasteiger partial charge in [-0.25, -0.2) is 4.39 Å². The molecule has 6 nitrogen and oxygen atoms in total. The first kappa shape index (κ1) is 25.0. The fourth-order valence-corrected chi connectivity index (χ4v) is 4.42. The van der Waals surface area contributed by atoms with Gasteiger partial charge in [-0.3, -0.25) is 14.5 Å². The molecule has 1 aliphatic heterocycles. The number of anilines is 1. The summed E-state index contributed by atoms with van der Waals surface area (Å²) in [5, 5.41) is 11.3. The molecule has 1 amide bonds. The van der Waals surface area contributed by atoms with Crippen LogP contribution in [0.2, 0.25) is 0 Å². The van der Waals surface area contributed by atoms with Gasteiger partial charge in [0, 0.05) is 11.3 Å². The number of carbonyl (C=O) groups is 2. The summed E-state index contributed by atoms with van der Waals surface area (Å²) < 4.78 is 25.0. The van der Waals surface area contributed by atoms with Crippen LogP contribution in [0.3, 0.4) is 0 Å². The highest BCUT2D eigenvalue weighted by atomic mass is 19.1. The van der Waals surface area contributed by atoms with E-state index in [1.54, 1.807) is 36.4 Å². The molecular weight excluding hydrogens is 461 g/mol. The lowest BCUT2D eigenvalue weighted by molar-refractivity contribution is -0.132. The number of methoxy groups -OCH3 is 2. The maximum atomic E-state index is 14.1. The van der Waals surface area contributed by atoms with E-state index >= 15 is 0 Å². The third-order valence-electron chi connectivity index (χ3n) is 6.31. The Bertz CT molecular complexity index is 1350. The van der Waals surface area contributed by atoms with Gasteiger partial charge in [0.1, 0.15) is 23.1 Å². The van der Waals surface area contributed by atoms with E-state index in [1.807, 2.05) is 12.1 Å². The number of aliphatic hydroxyl groups excluding tert-OH is 1. The van der Waals surface area contributed by atoms with Crippen molar-refractivity contribution in [1.29, 1.82) is 0 Å². The van der Waals surface area contributed by atoms with Crippen LogP contribution in [-0.2, 0) is 15.0 Å². The summed E-state index contributed by atoms with van der Waals surface area (Å²) in [4.78, 5) is 28.2. The van der Waals surface area contributed by atoms with Crippen LogP contribution >= 0.6 is 0 Å². The van der Waals surface area contributed by atoms with Crippen molar-refractivity contribution >= 4 is 23.1 Å². The minimum Gasteiger partial charge on any atom is -0.507 e. The predicted octanol–water partition coefficient (Wildman–Crippen LogP) is 5.77. The van der Waals surface area contributed by atoms with E-state index in [0.717, 1.165) is 11.6 Å². The second kappa shape index (κ2) is 9.49. The first-order chi connectivity index (χ1) is 17.1. The average Bonchev–Trinajstić information content (AvgIpc) is 3.13. The maximum Gasteiger partial charge on any atom is 0.300 e. The van der Waals surface area contributed by atoms with E-state index in [9.17, 15) is 19.1 Å². The summed E-state index contributed by atoms with van der Waals surface area (Å²) in [7, 11) is 2.86. The zero-order chi connectivity index (χ0) is 26.2. The number of para-hydroxylation sites is 1. The monoisotopic (exact) mass is 489 g/mol. The number of benzene rings is 3. The Morgan fingerprint density at radius 3 is 2.17 bits per heavy atom. The van der Waals surface area contributed by atoms with Gasteiger partial charge in [-0.15, -0.1) is 0 Å². The van der Waals surface area contributed by atoms with Crippen LogP contribution in [0.5, 0.6) is 11.5 Å². The maximum absolute atomic E-state index is 14.1. The van der Waals surface area contributed by atoms with Crippen LogP contribution in [0, 0.1) is 5.82 Å². The van der Waals surface area contributed by atoms with Gasteiger partial charge in [0.05, 0.1) is 31.4 Å². The van der Waals surface area contributed by atoms with Gasteiger partial charge in [0.2, 0.25) is 0 Å². The quantitative estimate of drug-likeness (QED) is 0.280. The largest absolute Gasteiger partial charge is 0.507 e. The number of aliphatic hydroxyl groups is 1. The molecule has 1 N–H and O–H groups in total. The summed E-state index contributed by atoms with van der Waals surface area (Å²) in [5.41, 5.74) is 1.71. The van der Waals surface area contributed by atoms with Crippen molar-refractivity contribution < 1.29 is 28.6 Å². The number of carbonyl (C=O) groups excluding carboxylic acids is 2. The number of halogens is 1. The second-order valence-electron chi connectivity index (χ2n) is 9.55. The SMILES string of the molecule is COc1ccc(F)cc1/C(O)=C1\C(=O)C(=O)N(c2ccc(C(C)(C)C)cc2)C1c1ccccc1OC. The Hall–Kier alpha value is -4.13. The van der Waals surface area contributed by atoms with Crippen LogP contribution in [0.25, 0.3) is 5.76 Å². The molecule has 1 fully saturated rings. The summed E-state index contributed by atoms with van der Waals surface area (Å²) in [6.07, 6.45) is 0. The molecule has 7 heteroatoms. The number of Topliss-reactive ketones (excluding diaryl/α,β-unsaturated/α-hetero) is 1. The Kier molecular flexibility index (Phi) is 6.59. The average molecular weight is 490 g/mol. The van der Waals surface area contributed by atoms with Crippen LogP contribution in [0.1, 0.15) is 43.5 Å². The zero-order valence-electron chi connectivity index (χ0n) is 20.8. The van der Waals surface area contributed by atoms with Crippen LogP contribution in [-0.4, -0.2) is 31.0 Å². The van der Waals surface area contributed by atoms with E-state index in [0.29, 0.717) is 17.0 Å². The standard InChI is InChI=1S/C29H28FNO5/c1-29(2,3)17-10-13-19(14-11-17)31-25(20-8-6-7-9-22(20)35-4)24(27(33)28(31)34)26(32)21-16-18(30)12-15-23(21)36-5/h6-16,25,32H,1-5H3/b26-24+. The number of rotatable bonds is 5. The lowest BCUT2D eigenvalue weighted by atomic mass is 9.87. The molecule has 0 radical (unpaired) electrons. The molecule has 3 aromatic rings. The summed E-state index contributed by atoms with van der Waals surface area (Å²) >= 11 is 0. The highest BCUT2D eigenvalue weighted by Crippen LogP contribution is 2.46. The number of ether oxygens (including phenoxy) is 2. The fraction of sp³-hybridized carbons (Fsp3) is 0.241. The Morgan fingerprint density at radius 2 is 1.56 bits per heavy atom. The summed E-state index contributed by atoms with van der Waals surface area (Å²) in [5.74, 6) is -2.28. The van der Waals surface area contributed by atoms with E-state index in [-0.39, 0.29) is 22.3 Å². The summed E-state index contributed by atoms with van der Waals surface area (Å²) in [6, 6.07) is 16.9. The van der Waals surface area contributed by atoms with Crippen molar-refractivity contribution in [3.63, 3.8) is 0 Å². The topological polar surface area (TPSA) is 76.1 Å². The molecule has 1 aliphatic rings.